The van der Waals surface area contributed by atoms with Crippen molar-refractivity contribution < 1.29 is 22.9 Å². The fraction of sp³-hybridized carbons (Fsp3) is 0.316. The predicted octanol–water partition coefficient (Wildman–Crippen LogP) is 2.95. The molecule has 0 fully saturated rings. The second-order valence-electron chi connectivity index (χ2n) is 6.15. The third-order valence-corrected chi connectivity index (χ3v) is 6.31. The van der Waals surface area contributed by atoms with Gasteiger partial charge in [0.15, 0.2) is 6.61 Å². The average molecular weight is 421 g/mol. The molecule has 29 heavy (non-hydrogen) atoms. The van der Waals surface area contributed by atoms with Crippen molar-refractivity contribution in [2.75, 3.05) is 25.0 Å². The number of nitro groups is 1. The van der Waals surface area contributed by atoms with Gasteiger partial charge in [-0.25, -0.2) is 8.42 Å². The summed E-state index contributed by atoms with van der Waals surface area (Å²) in [6.07, 6.45) is 0. The number of sulfonamides is 1. The van der Waals surface area contributed by atoms with Crippen LogP contribution in [0.2, 0.25) is 0 Å². The molecule has 0 aliphatic carbocycles. The highest BCUT2D eigenvalue weighted by Gasteiger charge is 2.21. The number of nitro benzene ring substituents is 1. The van der Waals surface area contributed by atoms with Gasteiger partial charge < -0.3 is 10.1 Å². The molecule has 9 nitrogen and oxygen atoms in total. The van der Waals surface area contributed by atoms with Crippen LogP contribution < -0.4 is 10.1 Å². The van der Waals surface area contributed by atoms with Gasteiger partial charge in [-0.15, -0.1) is 0 Å². The van der Waals surface area contributed by atoms with E-state index in [1.165, 1.54) is 40.7 Å². The van der Waals surface area contributed by atoms with Crippen LogP contribution in [0.5, 0.6) is 5.75 Å². The Morgan fingerprint density at radius 3 is 2.31 bits per heavy atom. The van der Waals surface area contributed by atoms with Gasteiger partial charge in [0.05, 0.1) is 15.5 Å². The molecule has 0 aliphatic rings. The first kappa shape index (κ1) is 22.3. The van der Waals surface area contributed by atoms with Crippen LogP contribution in [0.15, 0.2) is 47.4 Å². The van der Waals surface area contributed by atoms with Crippen molar-refractivity contribution in [2.24, 2.45) is 0 Å². The number of nitrogens with one attached hydrogen (secondary N) is 1. The van der Waals surface area contributed by atoms with Crippen molar-refractivity contribution in [3.8, 4) is 5.75 Å². The zero-order chi connectivity index (χ0) is 21.6. The lowest BCUT2D eigenvalue weighted by Gasteiger charge is -2.18. The Morgan fingerprint density at radius 2 is 1.76 bits per heavy atom. The molecule has 0 radical (unpaired) electrons. The molecule has 0 bridgehead atoms. The Hall–Kier alpha value is -2.98. The van der Waals surface area contributed by atoms with E-state index in [4.69, 9.17) is 4.74 Å². The van der Waals surface area contributed by atoms with Crippen molar-refractivity contribution >= 4 is 27.3 Å². The molecule has 0 unspecified atom stereocenters. The average Bonchev–Trinajstić information content (AvgIpc) is 2.69. The number of ether oxygens (including phenoxy) is 1. The topological polar surface area (TPSA) is 119 Å². The lowest BCUT2D eigenvalue weighted by molar-refractivity contribution is -0.384. The second kappa shape index (κ2) is 9.48. The minimum Gasteiger partial charge on any atom is -0.484 e. The maximum atomic E-state index is 12.5. The lowest BCUT2D eigenvalue weighted by Crippen LogP contribution is -2.30. The Bertz CT molecular complexity index is 986. The van der Waals surface area contributed by atoms with Gasteiger partial charge in [-0.05, 0) is 36.8 Å². The fourth-order valence-corrected chi connectivity index (χ4v) is 4.07. The van der Waals surface area contributed by atoms with Gasteiger partial charge in [-0.3, -0.25) is 14.9 Å². The van der Waals surface area contributed by atoms with E-state index < -0.39 is 20.9 Å². The van der Waals surface area contributed by atoms with Crippen LogP contribution in [0.25, 0.3) is 0 Å². The molecule has 0 saturated carbocycles. The van der Waals surface area contributed by atoms with Gasteiger partial charge in [0.2, 0.25) is 10.0 Å². The van der Waals surface area contributed by atoms with Gasteiger partial charge in [-0.2, -0.15) is 4.31 Å². The number of nitrogens with zero attached hydrogens (tertiary/aromatic N) is 2. The largest absolute Gasteiger partial charge is 0.484 e. The molecule has 0 aliphatic heterocycles. The van der Waals surface area contributed by atoms with E-state index in [0.29, 0.717) is 30.1 Å². The van der Waals surface area contributed by atoms with Gasteiger partial charge in [0, 0.05) is 25.2 Å². The van der Waals surface area contributed by atoms with Crippen LogP contribution in [0.3, 0.4) is 0 Å². The molecule has 0 spiro atoms. The molecule has 1 amide bonds. The quantitative estimate of drug-likeness (QED) is 0.491. The number of hydrogen-bond donors (Lipinski definition) is 1. The third-order valence-electron chi connectivity index (χ3n) is 4.24. The van der Waals surface area contributed by atoms with Crippen LogP contribution in [0, 0.1) is 17.0 Å². The van der Waals surface area contributed by atoms with E-state index in [0.717, 1.165) is 0 Å². The fourth-order valence-electron chi connectivity index (χ4n) is 2.61. The van der Waals surface area contributed by atoms with Crippen LogP contribution >= 0.6 is 0 Å². The smallest absolute Gasteiger partial charge is 0.271 e. The highest BCUT2D eigenvalue weighted by atomic mass is 32.2. The maximum absolute atomic E-state index is 12.5. The van der Waals surface area contributed by atoms with E-state index in [1.54, 1.807) is 26.8 Å². The van der Waals surface area contributed by atoms with E-state index in [2.05, 4.69) is 5.32 Å². The molecular formula is C19H23N3O6S. The SMILES string of the molecule is CCN(CC)S(=O)(=O)c1ccc(OCC(=O)Nc2cc([N+](=O)[O-])ccc2C)cc1. The number of aryl methyl sites for hydroxylation is 1. The lowest BCUT2D eigenvalue weighted by atomic mass is 10.2. The first-order chi connectivity index (χ1) is 13.7. The van der Waals surface area contributed by atoms with Gasteiger partial charge in [0.1, 0.15) is 5.75 Å². The summed E-state index contributed by atoms with van der Waals surface area (Å²) in [5.41, 5.74) is 0.875. The van der Waals surface area contributed by atoms with Crippen molar-refractivity contribution in [1.29, 1.82) is 0 Å². The van der Waals surface area contributed by atoms with Crippen LogP contribution in [-0.4, -0.2) is 43.2 Å². The highest BCUT2D eigenvalue weighted by molar-refractivity contribution is 7.89. The molecule has 2 rings (SSSR count). The zero-order valence-electron chi connectivity index (χ0n) is 16.4. The third kappa shape index (κ3) is 5.52. The van der Waals surface area contributed by atoms with E-state index in [1.807, 2.05) is 0 Å². The van der Waals surface area contributed by atoms with Crippen molar-refractivity contribution in [3.05, 3.63) is 58.1 Å². The molecule has 1 N–H and O–H groups in total. The molecule has 0 saturated heterocycles. The molecule has 0 aromatic heterocycles. The standard InChI is InChI=1S/C19H23N3O6S/c1-4-21(5-2)29(26,27)17-10-8-16(9-11-17)28-13-19(23)20-18-12-15(22(24)25)7-6-14(18)3/h6-12H,4-5,13H2,1-3H3,(H,20,23). The van der Waals surface area contributed by atoms with E-state index in [9.17, 15) is 23.3 Å². The summed E-state index contributed by atoms with van der Waals surface area (Å²) in [5, 5.41) is 13.4. The number of hydrogen-bond acceptors (Lipinski definition) is 6. The predicted molar refractivity (Wildman–Crippen MR) is 109 cm³/mol. The number of anilines is 1. The van der Waals surface area contributed by atoms with Crippen molar-refractivity contribution in [2.45, 2.75) is 25.7 Å². The molecule has 10 heteroatoms. The Kier molecular flexibility index (Phi) is 7.29. The number of non-ortho nitro benzene ring substituents is 1. The number of benzene rings is 2. The summed E-state index contributed by atoms with van der Waals surface area (Å²) in [5.74, 6) is -0.164. The molecule has 0 atom stereocenters. The summed E-state index contributed by atoms with van der Waals surface area (Å²) in [7, 11) is -3.56. The highest BCUT2D eigenvalue weighted by Crippen LogP contribution is 2.22. The Morgan fingerprint density at radius 1 is 1.14 bits per heavy atom. The normalized spacial score (nSPS) is 11.3. The van der Waals surface area contributed by atoms with Crippen LogP contribution in [-0.2, 0) is 14.8 Å². The second-order valence-corrected chi connectivity index (χ2v) is 8.09. The summed E-state index contributed by atoms with van der Waals surface area (Å²) in [6, 6.07) is 9.97. The van der Waals surface area contributed by atoms with Gasteiger partial charge >= 0.3 is 0 Å². The van der Waals surface area contributed by atoms with Crippen LogP contribution in [0.1, 0.15) is 19.4 Å². The van der Waals surface area contributed by atoms with Gasteiger partial charge in [0.25, 0.3) is 11.6 Å². The summed E-state index contributed by atoms with van der Waals surface area (Å²) in [4.78, 5) is 22.6. The molecule has 0 heterocycles. The first-order valence-corrected chi connectivity index (χ1v) is 10.4. The Labute approximate surface area is 169 Å². The van der Waals surface area contributed by atoms with Crippen molar-refractivity contribution in [1.82, 2.24) is 4.31 Å². The number of carbonyl (C=O) groups excluding carboxylic acids is 1. The molecule has 2 aromatic carbocycles. The molecule has 156 valence electrons. The maximum Gasteiger partial charge on any atom is 0.271 e. The summed E-state index contributed by atoms with van der Waals surface area (Å²) < 4.78 is 31.6. The van der Waals surface area contributed by atoms with Crippen LogP contribution in [0.4, 0.5) is 11.4 Å². The minimum absolute atomic E-state index is 0.128. The summed E-state index contributed by atoms with van der Waals surface area (Å²) >= 11 is 0. The molecular weight excluding hydrogens is 398 g/mol. The molecule has 2 aromatic rings. The zero-order valence-corrected chi connectivity index (χ0v) is 17.2. The van der Waals surface area contributed by atoms with Gasteiger partial charge in [-0.1, -0.05) is 19.9 Å². The van der Waals surface area contributed by atoms with E-state index >= 15 is 0 Å². The number of rotatable bonds is 9. The van der Waals surface area contributed by atoms with E-state index in [-0.39, 0.29) is 17.2 Å². The number of carbonyl (C=O) groups is 1. The number of amides is 1. The Balaban J connectivity index is 2.01. The van der Waals surface area contributed by atoms with Crippen molar-refractivity contribution in [3.63, 3.8) is 0 Å². The monoisotopic (exact) mass is 421 g/mol. The first-order valence-electron chi connectivity index (χ1n) is 8.97. The minimum atomic E-state index is -3.56. The summed E-state index contributed by atoms with van der Waals surface area (Å²) in [6.45, 7) is 5.66.